The number of carboxylic acids is 1. The highest BCUT2D eigenvalue weighted by Gasteiger charge is 2.45. The summed E-state index contributed by atoms with van der Waals surface area (Å²) in [5.74, 6) is -0.721. The number of aliphatic carboxylic acids is 1. The Labute approximate surface area is 94.5 Å². The minimum absolute atomic E-state index is 0.0559. The molecule has 0 radical (unpaired) electrons. The minimum atomic E-state index is -0.721. The number of nitrogens with one attached hydrogen (secondary N) is 1. The standard InChI is InChI=1S/C13H15NO2/c15-12(16)11-6-8-13(14-11)7-5-9-3-1-2-4-10(9)13/h1-4,11,14H,5-8H2,(H,15,16). The summed E-state index contributed by atoms with van der Waals surface area (Å²) in [6.45, 7) is 0. The Morgan fingerprint density at radius 3 is 2.94 bits per heavy atom. The van der Waals surface area contributed by atoms with Crippen LogP contribution in [0.3, 0.4) is 0 Å². The molecule has 1 fully saturated rings. The van der Waals surface area contributed by atoms with Crippen molar-refractivity contribution in [2.45, 2.75) is 37.3 Å². The van der Waals surface area contributed by atoms with E-state index in [2.05, 4.69) is 23.5 Å². The molecule has 2 atom stereocenters. The first-order valence-corrected chi connectivity index (χ1v) is 5.80. The van der Waals surface area contributed by atoms with Crippen LogP contribution in [0.15, 0.2) is 24.3 Å². The number of hydrogen-bond acceptors (Lipinski definition) is 2. The summed E-state index contributed by atoms with van der Waals surface area (Å²) < 4.78 is 0. The highest BCUT2D eigenvalue weighted by molar-refractivity contribution is 5.74. The second-order valence-corrected chi connectivity index (χ2v) is 4.81. The summed E-state index contributed by atoms with van der Waals surface area (Å²) in [5, 5.41) is 12.4. The molecule has 1 heterocycles. The van der Waals surface area contributed by atoms with Gasteiger partial charge in [0.1, 0.15) is 6.04 Å². The van der Waals surface area contributed by atoms with Crippen LogP contribution < -0.4 is 5.32 Å². The molecular weight excluding hydrogens is 202 g/mol. The SMILES string of the molecule is O=C(O)C1CCC2(CCc3ccccc32)N1. The van der Waals surface area contributed by atoms with Crippen molar-refractivity contribution in [2.75, 3.05) is 0 Å². The van der Waals surface area contributed by atoms with E-state index < -0.39 is 5.97 Å². The molecule has 1 spiro atoms. The quantitative estimate of drug-likeness (QED) is 0.752. The van der Waals surface area contributed by atoms with Crippen LogP contribution in [0.4, 0.5) is 0 Å². The van der Waals surface area contributed by atoms with E-state index in [-0.39, 0.29) is 11.6 Å². The predicted molar refractivity (Wildman–Crippen MR) is 60.2 cm³/mol. The van der Waals surface area contributed by atoms with Crippen LogP contribution in [0.5, 0.6) is 0 Å². The van der Waals surface area contributed by atoms with Crippen LogP contribution in [0.25, 0.3) is 0 Å². The van der Waals surface area contributed by atoms with Crippen LogP contribution in [-0.2, 0) is 16.8 Å². The fraction of sp³-hybridized carbons (Fsp3) is 0.462. The van der Waals surface area contributed by atoms with Crippen molar-refractivity contribution in [2.24, 2.45) is 0 Å². The van der Waals surface area contributed by atoms with E-state index in [1.807, 2.05) is 6.07 Å². The van der Waals surface area contributed by atoms with E-state index in [1.54, 1.807) is 0 Å². The Hall–Kier alpha value is -1.35. The van der Waals surface area contributed by atoms with Crippen molar-refractivity contribution in [3.63, 3.8) is 0 Å². The zero-order valence-corrected chi connectivity index (χ0v) is 9.07. The van der Waals surface area contributed by atoms with E-state index in [4.69, 9.17) is 5.11 Å². The van der Waals surface area contributed by atoms with Gasteiger partial charge in [0, 0.05) is 5.54 Å². The molecule has 3 rings (SSSR count). The van der Waals surface area contributed by atoms with Gasteiger partial charge in [0.2, 0.25) is 0 Å². The molecule has 3 nitrogen and oxygen atoms in total. The van der Waals surface area contributed by atoms with Crippen LogP contribution in [0.1, 0.15) is 30.4 Å². The summed E-state index contributed by atoms with van der Waals surface area (Å²) in [6, 6.07) is 8.02. The van der Waals surface area contributed by atoms with E-state index in [9.17, 15) is 4.79 Å². The monoisotopic (exact) mass is 217 g/mol. The maximum atomic E-state index is 11.0. The van der Waals surface area contributed by atoms with E-state index in [0.717, 1.165) is 25.7 Å². The Kier molecular flexibility index (Phi) is 2.04. The molecule has 84 valence electrons. The lowest BCUT2D eigenvalue weighted by Gasteiger charge is -2.26. The molecule has 0 aromatic heterocycles. The zero-order chi connectivity index (χ0) is 11.2. The first-order chi connectivity index (χ1) is 7.71. The van der Waals surface area contributed by atoms with Crippen LogP contribution >= 0.6 is 0 Å². The average Bonchev–Trinajstić information content (AvgIpc) is 2.87. The number of carboxylic acid groups (broad SMARTS) is 1. The molecule has 2 aliphatic rings. The molecule has 2 N–H and O–H groups in total. The fourth-order valence-corrected chi connectivity index (χ4v) is 3.15. The largest absolute Gasteiger partial charge is 0.480 e. The maximum Gasteiger partial charge on any atom is 0.320 e. The van der Waals surface area contributed by atoms with Crippen LogP contribution in [-0.4, -0.2) is 17.1 Å². The Morgan fingerprint density at radius 2 is 2.19 bits per heavy atom. The first kappa shape index (κ1) is 9.85. The molecule has 2 unspecified atom stereocenters. The molecule has 1 aromatic rings. The number of aryl methyl sites for hydroxylation is 1. The highest BCUT2D eigenvalue weighted by atomic mass is 16.4. The molecular formula is C13H15NO2. The second-order valence-electron chi connectivity index (χ2n) is 4.81. The molecule has 1 aliphatic carbocycles. The van der Waals surface area contributed by atoms with Crippen molar-refractivity contribution < 1.29 is 9.90 Å². The molecule has 1 aliphatic heterocycles. The van der Waals surface area contributed by atoms with Gasteiger partial charge < -0.3 is 5.11 Å². The van der Waals surface area contributed by atoms with Gasteiger partial charge in [-0.15, -0.1) is 0 Å². The van der Waals surface area contributed by atoms with Gasteiger partial charge in [-0.2, -0.15) is 0 Å². The van der Waals surface area contributed by atoms with Crippen LogP contribution in [0, 0.1) is 0 Å². The third-order valence-electron chi connectivity index (χ3n) is 3.96. The zero-order valence-electron chi connectivity index (χ0n) is 9.07. The van der Waals surface area contributed by atoms with Crippen LogP contribution in [0.2, 0.25) is 0 Å². The lowest BCUT2D eigenvalue weighted by molar-refractivity contribution is -0.139. The molecule has 0 bridgehead atoms. The number of carbonyl (C=O) groups is 1. The van der Waals surface area contributed by atoms with Gasteiger partial charge in [0.25, 0.3) is 0 Å². The van der Waals surface area contributed by atoms with Gasteiger partial charge in [-0.1, -0.05) is 24.3 Å². The van der Waals surface area contributed by atoms with Gasteiger partial charge >= 0.3 is 5.97 Å². The lowest BCUT2D eigenvalue weighted by atomic mass is 9.90. The van der Waals surface area contributed by atoms with E-state index >= 15 is 0 Å². The lowest BCUT2D eigenvalue weighted by Crippen LogP contribution is -2.42. The summed E-state index contributed by atoms with van der Waals surface area (Å²) >= 11 is 0. The number of benzene rings is 1. The first-order valence-electron chi connectivity index (χ1n) is 5.80. The molecule has 1 aromatic carbocycles. The Balaban J connectivity index is 1.95. The van der Waals surface area contributed by atoms with E-state index in [1.165, 1.54) is 11.1 Å². The van der Waals surface area contributed by atoms with Gasteiger partial charge in [0.15, 0.2) is 0 Å². The number of hydrogen-bond donors (Lipinski definition) is 2. The Bertz CT molecular complexity index is 443. The fourth-order valence-electron chi connectivity index (χ4n) is 3.15. The average molecular weight is 217 g/mol. The van der Waals surface area contributed by atoms with E-state index in [0.29, 0.717) is 0 Å². The third-order valence-corrected chi connectivity index (χ3v) is 3.96. The normalized spacial score (nSPS) is 31.9. The van der Waals surface area contributed by atoms with Crippen molar-refractivity contribution in [1.29, 1.82) is 0 Å². The van der Waals surface area contributed by atoms with Gasteiger partial charge in [0.05, 0.1) is 0 Å². The summed E-state index contributed by atoms with van der Waals surface area (Å²) in [7, 11) is 0. The molecule has 0 saturated carbocycles. The van der Waals surface area contributed by atoms with Crippen molar-refractivity contribution >= 4 is 5.97 Å². The predicted octanol–water partition coefficient (Wildman–Crippen LogP) is 1.66. The molecule has 16 heavy (non-hydrogen) atoms. The molecule has 1 saturated heterocycles. The molecule has 0 amide bonds. The van der Waals surface area contributed by atoms with Crippen molar-refractivity contribution in [1.82, 2.24) is 5.32 Å². The number of rotatable bonds is 1. The smallest absolute Gasteiger partial charge is 0.320 e. The van der Waals surface area contributed by atoms with Gasteiger partial charge in [-0.25, -0.2) is 0 Å². The van der Waals surface area contributed by atoms with Gasteiger partial charge in [-0.3, -0.25) is 10.1 Å². The number of fused-ring (bicyclic) bond motifs is 2. The summed E-state index contributed by atoms with van der Waals surface area (Å²) in [6.07, 6.45) is 3.79. The summed E-state index contributed by atoms with van der Waals surface area (Å²) in [5.41, 5.74) is 2.64. The Morgan fingerprint density at radius 1 is 1.38 bits per heavy atom. The third kappa shape index (κ3) is 1.28. The van der Waals surface area contributed by atoms with Crippen molar-refractivity contribution in [3.8, 4) is 0 Å². The maximum absolute atomic E-state index is 11.0. The minimum Gasteiger partial charge on any atom is -0.480 e. The highest BCUT2D eigenvalue weighted by Crippen LogP contribution is 2.44. The summed E-state index contributed by atoms with van der Waals surface area (Å²) in [4.78, 5) is 11.0. The molecule has 3 heteroatoms. The second kappa shape index (κ2) is 3.32. The van der Waals surface area contributed by atoms with Gasteiger partial charge in [-0.05, 0) is 36.8 Å². The van der Waals surface area contributed by atoms with Crippen molar-refractivity contribution in [3.05, 3.63) is 35.4 Å². The topological polar surface area (TPSA) is 49.3 Å².